The SMILES string of the molecule is CN(CC(=O)O)C1CCN(C(=O)c2ccc(Cl)cc2Br)CC1. The van der Waals surface area contributed by atoms with E-state index in [-0.39, 0.29) is 18.5 Å². The van der Waals surface area contributed by atoms with E-state index in [0.29, 0.717) is 28.1 Å². The Morgan fingerprint density at radius 2 is 2.05 bits per heavy atom. The van der Waals surface area contributed by atoms with Gasteiger partial charge in [0.2, 0.25) is 0 Å². The second-order valence-electron chi connectivity index (χ2n) is 5.46. The summed E-state index contributed by atoms with van der Waals surface area (Å²) in [6, 6.07) is 5.33. The van der Waals surface area contributed by atoms with Crippen LogP contribution in [0.1, 0.15) is 23.2 Å². The van der Waals surface area contributed by atoms with Crippen LogP contribution in [-0.2, 0) is 4.79 Å². The van der Waals surface area contributed by atoms with E-state index in [1.807, 2.05) is 11.9 Å². The highest BCUT2D eigenvalue weighted by molar-refractivity contribution is 9.10. The van der Waals surface area contributed by atoms with Crippen LogP contribution in [0.25, 0.3) is 0 Å². The Morgan fingerprint density at radius 3 is 2.59 bits per heavy atom. The third-order valence-electron chi connectivity index (χ3n) is 3.92. The molecule has 0 atom stereocenters. The van der Waals surface area contributed by atoms with Crippen LogP contribution in [0.5, 0.6) is 0 Å². The summed E-state index contributed by atoms with van der Waals surface area (Å²) in [5.41, 5.74) is 0.599. The summed E-state index contributed by atoms with van der Waals surface area (Å²) in [5.74, 6) is -0.853. The second-order valence-corrected chi connectivity index (χ2v) is 6.75. The smallest absolute Gasteiger partial charge is 0.317 e. The Hall–Kier alpha value is -1.11. The Morgan fingerprint density at radius 1 is 1.41 bits per heavy atom. The number of rotatable bonds is 4. The van der Waals surface area contributed by atoms with Gasteiger partial charge >= 0.3 is 5.97 Å². The van der Waals surface area contributed by atoms with Gasteiger partial charge in [-0.15, -0.1) is 0 Å². The molecule has 1 heterocycles. The summed E-state index contributed by atoms with van der Waals surface area (Å²) >= 11 is 9.27. The molecule has 0 aliphatic carbocycles. The highest BCUT2D eigenvalue weighted by atomic mass is 79.9. The number of likely N-dealkylation sites (N-methyl/N-ethyl adjacent to an activating group) is 1. The predicted octanol–water partition coefficient (Wildman–Crippen LogP) is 2.72. The first kappa shape index (κ1) is 17.2. The predicted molar refractivity (Wildman–Crippen MR) is 88.3 cm³/mol. The van der Waals surface area contributed by atoms with Gasteiger partial charge in [0.15, 0.2) is 0 Å². The zero-order valence-corrected chi connectivity index (χ0v) is 14.6. The number of hydrogen-bond donors (Lipinski definition) is 1. The summed E-state index contributed by atoms with van der Waals surface area (Å²) < 4.78 is 0.690. The molecule has 0 bridgehead atoms. The Bertz CT molecular complexity index is 574. The van der Waals surface area contributed by atoms with Crippen molar-refractivity contribution in [3.63, 3.8) is 0 Å². The summed E-state index contributed by atoms with van der Waals surface area (Å²) in [6.45, 7) is 1.28. The molecule has 0 saturated carbocycles. The molecule has 0 spiro atoms. The van der Waals surface area contributed by atoms with Crippen LogP contribution in [0.3, 0.4) is 0 Å². The van der Waals surface area contributed by atoms with E-state index in [0.717, 1.165) is 12.8 Å². The van der Waals surface area contributed by atoms with Gasteiger partial charge in [-0.3, -0.25) is 14.5 Å². The molecule has 2 rings (SSSR count). The van der Waals surface area contributed by atoms with Crippen molar-refractivity contribution in [3.05, 3.63) is 33.3 Å². The molecule has 1 aliphatic heterocycles. The molecule has 1 N–H and O–H groups in total. The molecule has 1 saturated heterocycles. The number of nitrogens with zero attached hydrogens (tertiary/aromatic N) is 2. The van der Waals surface area contributed by atoms with Gasteiger partial charge in [-0.1, -0.05) is 11.6 Å². The van der Waals surface area contributed by atoms with Crippen LogP contribution in [0, 0.1) is 0 Å². The van der Waals surface area contributed by atoms with Crippen molar-refractivity contribution in [2.75, 3.05) is 26.7 Å². The minimum absolute atomic E-state index is 0.0251. The summed E-state index contributed by atoms with van der Waals surface area (Å²) in [6.07, 6.45) is 1.56. The van der Waals surface area contributed by atoms with Crippen molar-refractivity contribution < 1.29 is 14.7 Å². The molecular formula is C15H18BrClN2O3. The van der Waals surface area contributed by atoms with Gasteiger partial charge in [0.05, 0.1) is 12.1 Å². The average molecular weight is 390 g/mol. The van der Waals surface area contributed by atoms with Gasteiger partial charge < -0.3 is 10.0 Å². The lowest BCUT2D eigenvalue weighted by Gasteiger charge is -2.36. The number of amides is 1. The third kappa shape index (κ3) is 4.21. The van der Waals surface area contributed by atoms with Crippen molar-refractivity contribution in [1.29, 1.82) is 0 Å². The molecule has 0 aromatic heterocycles. The van der Waals surface area contributed by atoms with E-state index in [2.05, 4.69) is 15.9 Å². The Kier molecular flexibility index (Phi) is 5.83. The number of benzene rings is 1. The first-order chi connectivity index (χ1) is 10.4. The van der Waals surface area contributed by atoms with Crippen molar-refractivity contribution in [2.24, 2.45) is 0 Å². The molecule has 7 heteroatoms. The quantitative estimate of drug-likeness (QED) is 0.860. The van der Waals surface area contributed by atoms with Gasteiger partial charge in [-0.2, -0.15) is 0 Å². The van der Waals surface area contributed by atoms with Gasteiger partial charge in [-0.25, -0.2) is 0 Å². The van der Waals surface area contributed by atoms with Crippen LogP contribution >= 0.6 is 27.5 Å². The monoisotopic (exact) mass is 388 g/mol. The molecule has 1 aliphatic rings. The van der Waals surface area contributed by atoms with Crippen LogP contribution in [0.2, 0.25) is 5.02 Å². The van der Waals surface area contributed by atoms with Crippen LogP contribution < -0.4 is 0 Å². The van der Waals surface area contributed by atoms with E-state index >= 15 is 0 Å². The number of carboxylic acid groups (broad SMARTS) is 1. The van der Waals surface area contributed by atoms with Crippen LogP contribution in [0.15, 0.2) is 22.7 Å². The number of aliphatic carboxylic acids is 1. The summed E-state index contributed by atoms with van der Waals surface area (Å²) in [5, 5.41) is 9.42. The minimum atomic E-state index is -0.828. The maximum Gasteiger partial charge on any atom is 0.317 e. The molecule has 5 nitrogen and oxygen atoms in total. The van der Waals surface area contributed by atoms with E-state index in [1.165, 1.54) is 0 Å². The van der Waals surface area contributed by atoms with Crippen molar-refractivity contribution in [2.45, 2.75) is 18.9 Å². The number of likely N-dealkylation sites (tertiary alicyclic amines) is 1. The fourth-order valence-corrected chi connectivity index (χ4v) is 3.54. The minimum Gasteiger partial charge on any atom is -0.480 e. The topological polar surface area (TPSA) is 60.9 Å². The lowest BCUT2D eigenvalue weighted by molar-refractivity contribution is -0.138. The molecule has 1 aromatic rings. The zero-order chi connectivity index (χ0) is 16.3. The summed E-state index contributed by atoms with van der Waals surface area (Å²) in [7, 11) is 1.81. The largest absolute Gasteiger partial charge is 0.480 e. The van der Waals surface area contributed by atoms with Crippen LogP contribution in [-0.4, -0.2) is 59.5 Å². The number of piperidine rings is 1. The molecule has 1 aromatic carbocycles. The van der Waals surface area contributed by atoms with E-state index in [9.17, 15) is 9.59 Å². The second kappa shape index (κ2) is 7.44. The fourth-order valence-electron chi connectivity index (χ4n) is 2.69. The lowest BCUT2D eigenvalue weighted by atomic mass is 10.0. The van der Waals surface area contributed by atoms with Crippen molar-refractivity contribution >= 4 is 39.4 Å². The maximum atomic E-state index is 12.5. The van der Waals surface area contributed by atoms with Gasteiger partial charge in [0.25, 0.3) is 5.91 Å². The molecule has 22 heavy (non-hydrogen) atoms. The highest BCUT2D eigenvalue weighted by Gasteiger charge is 2.27. The van der Waals surface area contributed by atoms with Gasteiger partial charge in [0, 0.05) is 28.6 Å². The number of carbonyl (C=O) groups excluding carboxylic acids is 1. The molecule has 120 valence electrons. The third-order valence-corrected chi connectivity index (χ3v) is 4.81. The number of halogens is 2. The maximum absolute atomic E-state index is 12.5. The van der Waals surface area contributed by atoms with Gasteiger partial charge in [0.1, 0.15) is 0 Å². The van der Waals surface area contributed by atoms with E-state index in [1.54, 1.807) is 23.1 Å². The molecule has 1 fully saturated rings. The standard InChI is InChI=1S/C15H18BrClN2O3/c1-18(9-14(20)21)11-4-6-19(7-5-11)15(22)12-3-2-10(17)8-13(12)16/h2-3,8,11H,4-7,9H2,1H3,(H,20,21). The van der Waals surface area contributed by atoms with E-state index in [4.69, 9.17) is 16.7 Å². The summed E-state index contributed by atoms with van der Waals surface area (Å²) in [4.78, 5) is 26.9. The Labute approximate surface area is 143 Å². The fraction of sp³-hybridized carbons (Fsp3) is 0.467. The average Bonchev–Trinajstić information content (AvgIpc) is 2.46. The number of hydrogen-bond acceptors (Lipinski definition) is 3. The van der Waals surface area contributed by atoms with Crippen molar-refractivity contribution in [1.82, 2.24) is 9.80 Å². The highest BCUT2D eigenvalue weighted by Crippen LogP contribution is 2.24. The van der Waals surface area contributed by atoms with Crippen molar-refractivity contribution in [3.8, 4) is 0 Å². The number of carboxylic acids is 1. The first-order valence-electron chi connectivity index (χ1n) is 7.05. The molecule has 0 radical (unpaired) electrons. The lowest BCUT2D eigenvalue weighted by Crippen LogP contribution is -2.46. The van der Waals surface area contributed by atoms with E-state index < -0.39 is 5.97 Å². The first-order valence-corrected chi connectivity index (χ1v) is 8.22. The molecule has 1 amide bonds. The molecular weight excluding hydrogens is 372 g/mol. The van der Waals surface area contributed by atoms with Gasteiger partial charge in [-0.05, 0) is 54.0 Å². The van der Waals surface area contributed by atoms with Crippen LogP contribution in [0.4, 0.5) is 0 Å². The normalized spacial score (nSPS) is 16.1. The zero-order valence-electron chi connectivity index (χ0n) is 12.3. The Balaban J connectivity index is 1.96. The molecule has 0 unspecified atom stereocenters. The number of carbonyl (C=O) groups is 2.